The first-order chi connectivity index (χ1) is 12.6. The van der Waals surface area contributed by atoms with Gasteiger partial charge in [0.25, 0.3) is 0 Å². The fourth-order valence-corrected chi connectivity index (χ4v) is 3.05. The summed E-state index contributed by atoms with van der Waals surface area (Å²) in [7, 11) is 0. The second-order valence-corrected chi connectivity index (χ2v) is 6.48. The number of hydrogen-bond acceptors (Lipinski definition) is 2. The molecule has 0 radical (unpaired) electrons. The van der Waals surface area contributed by atoms with Gasteiger partial charge >= 0.3 is 0 Å². The van der Waals surface area contributed by atoms with Crippen molar-refractivity contribution in [2.45, 2.75) is 45.6 Å². The van der Waals surface area contributed by atoms with Crippen LogP contribution in [0.2, 0.25) is 0 Å². The highest BCUT2D eigenvalue weighted by Gasteiger charge is 2.20. The van der Waals surface area contributed by atoms with Gasteiger partial charge in [-0.3, -0.25) is 4.79 Å². The molecular formula is C19H29F2IN4O. The van der Waals surface area contributed by atoms with Crippen LogP contribution >= 0.6 is 24.0 Å². The van der Waals surface area contributed by atoms with Crippen molar-refractivity contribution in [3.8, 4) is 0 Å². The van der Waals surface area contributed by atoms with Crippen LogP contribution < -0.4 is 16.0 Å². The van der Waals surface area contributed by atoms with Gasteiger partial charge < -0.3 is 16.0 Å². The van der Waals surface area contributed by atoms with Crippen LogP contribution in [-0.4, -0.2) is 31.5 Å². The highest BCUT2D eigenvalue weighted by molar-refractivity contribution is 14.0. The van der Waals surface area contributed by atoms with Crippen molar-refractivity contribution in [2.24, 2.45) is 10.9 Å². The molecule has 3 N–H and O–H groups in total. The largest absolute Gasteiger partial charge is 0.357 e. The molecule has 1 aromatic carbocycles. The van der Waals surface area contributed by atoms with Crippen LogP contribution in [0.25, 0.3) is 0 Å². The molecule has 1 aliphatic carbocycles. The summed E-state index contributed by atoms with van der Waals surface area (Å²) in [5.74, 6) is -0.203. The maximum absolute atomic E-state index is 13.7. The van der Waals surface area contributed by atoms with Crippen LogP contribution in [0.5, 0.6) is 0 Å². The average molecular weight is 494 g/mol. The van der Waals surface area contributed by atoms with Gasteiger partial charge in [-0.2, -0.15) is 0 Å². The molecule has 1 saturated carbocycles. The molecular weight excluding hydrogens is 465 g/mol. The molecule has 1 fully saturated rings. The Balaban J connectivity index is 0.00000364. The minimum absolute atomic E-state index is 0. The van der Waals surface area contributed by atoms with E-state index in [-0.39, 0.29) is 47.9 Å². The number of carbonyl (C=O) groups excluding carboxylic acids is 1. The normalized spacial score (nSPS) is 15.0. The highest BCUT2D eigenvalue weighted by Crippen LogP contribution is 2.23. The summed E-state index contributed by atoms with van der Waals surface area (Å²) in [6.45, 7) is 3.61. The zero-order valence-corrected chi connectivity index (χ0v) is 18.0. The van der Waals surface area contributed by atoms with Gasteiger partial charge in [0, 0.05) is 31.1 Å². The molecule has 0 aliphatic heterocycles. The Labute approximate surface area is 176 Å². The Morgan fingerprint density at radius 3 is 2.52 bits per heavy atom. The summed E-state index contributed by atoms with van der Waals surface area (Å²) in [6, 6.07) is 3.33. The lowest BCUT2D eigenvalue weighted by molar-refractivity contribution is -0.125. The lowest BCUT2D eigenvalue weighted by atomic mass is 9.89. The number of amides is 1. The molecule has 1 amide bonds. The number of benzene rings is 1. The second-order valence-electron chi connectivity index (χ2n) is 6.48. The van der Waals surface area contributed by atoms with Gasteiger partial charge in [-0.15, -0.1) is 24.0 Å². The second kappa shape index (κ2) is 12.9. The van der Waals surface area contributed by atoms with E-state index in [1.54, 1.807) is 0 Å². The first-order valence-electron chi connectivity index (χ1n) is 9.34. The SMILES string of the molecule is CCNC(=NCc1cc(F)ccc1F)NCCNC(=O)C1CCCCC1.I. The highest BCUT2D eigenvalue weighted by atomic mass is 127. The van der Waals surface area contributed by atoms with Crippen LogP contribution in [0.3, 0.4) is 0 Å². The van der Waals surface area contributed by atoms with Crippen molar-refractivity contribution < 1.29 is 13.6 Å². The van der Waals surface area contributed by atoms with E-state index in [1.807, 2.05) is 6.92 Å². The number of guanidine groups is 1. The van der Waals surface area contributed by atoms with Crippen LogP contribution in [0, 0.1) is 17.6 Å². The molecule has 1 aromatic rings. The predicted octanol–water partition coefficient (Wildman–Crippen LogP) is 3.33. The van der Waals surface area contributed by atoms with Gasteiger partial charge in [0.05, 0.1) is 6.54 Å². The Bertz CT molecular complexity index is 622. The molecule has 0 heterocycles. The minimum atomic E-state index is -0.486. The fourth-order valence-electron chi connectivity index (χ4n) is 3.05. The average Bonchev–Trinajstić information content (AvgIpc) is 2.66. The van der Waals surface area contributed by atoms with Crippen LogP contribution in [-0.2, 0) is 11.3 Å². The van der Waals surface area contributed by atoms with E-state index in [0.29, 0.717) is 25.6 Å². The van der Waals surface area contributed by atoms with E-state index in [0.717, 1.165) is 43.9 Å². The van der Waals surface area contributed by atoms with Gasteiger partial charge in [-0.05, 0) is 38.0 Å². The summed E-state index contributed by atoms with van der Waals surface area (Å²) in [5, 5.41) is 9.09. The molecule has 0 aromatic heterocycles. The molecule has 27 heavy (non-hydrogen) atoms. The summed E-state index contributed by atoms with van der Waals surface area (Å²) < 4.78 is 26.9. The van der Waals surface area contributed by atoms with E-state index in [9.17, 15) is 13.6 Å². The van der Waals surface area contributed by atoms with Gasteiger partial charge in [-0.1, -0.05) is 19.3 Å². The third-order valence-corrected chi connectivity index (χ3v) is 4.45. The van der Waals surface area contributed by atoms with Gasteiger partial charge in [0.2, 0.25) is 5.91 Å². The zero-order chi connectivity index (χ0) is 18.8. The number of aliphatic imine (C=N–C) groups is 1. The van der Waals surface area contributed by atoms with Gasteiger partial charge in [0.15, 0.2) is 5.96 Å². The Hall–Kier alpha value is -1.45. The number of halogens is 3. The molecule has 1 aliphatic rings. The number of rotatable bonds is 7. The number of hydrogen-bond donors (Lipinski definition) is 3. The fraction of sp³-hybridized carbons (Fsp3) is 0.579. The molecule has 8 heteroatoms. The Morgan fingerprint density at radius 2 is 1.81 bits per heavy atom. The summed E-state index contributed by atoms with van der Waals surface area (Å²) in [4.78, 5) is 16.4. The maximum Gasteiger partial charge on any atom is 0.223 e. The number of nitrogens with one attached hydrogen (secondary N) is 3. The molecule has 5 nitrogen and oxygen atoms in total. The first-order valence-corrected chi connectivity index (χ1v) is 9.34. The first kappa shape index (κ1) is 23.6. The Kier molecular flexibility index (Phi) is 11.2. The van der Waals surface area contributed by atoms with Gasteiger partial charge in [0.1, 0.15) is 11.6 Å². The summed E-state index contributed by atoms with van der Waals surface area (Å²) in [6.07, 6.45) is 5.43. The quantitative estimate of drug-likeness (QED) is 0.236. The molecule has 0 bridgehead atoms. The summed E-state index contributed by atoms with van der Waals surface area (Å²) >= 11 is 0. The minimum Gasteiger partial charge on any atom is -0.357 e. The Morgan fingerprint density at radius 1 is 1.11 bits per heavy atom. The number of nitrogens with zero attached hydrogens (tertiary/aromatic N) is 1. The monoisotopic (exact) mass is 494 g/mol. The lowest BCUT2D eigenvalue weighted by Gasteiger charge is -2.21. The molecule has 152 valence electrons. The molecule has 0 spiro atoms. The molecule has 0 atom stereocenters. The van der Waals surface area contributed by atoms with Crippen molar-refractivity contribution in [2.75, 3.05) is 19.6 Å². The van der Waals surface area contributed by atoms with Crippen molar-refractivity contribution in [1.82, 2.24) is 16.0 Å². The lowest BCUT2D eigenvalue weighted by Crippen LogP contribution is -2.42. The van der Waals surface area contributed by atoms with E-state index < -0.39 is 11.6 Å². The van der Waals surface area contributed by atoms with Crippen molar-refractivity contribution in [3.05, 3.63) is 35.4 Å². The molecule has 0 saturated heterocycles. The van der Waals surface area contributed by atoms with E-state index in [4.69, 9.17) is 0 Å². The zero-order valence-electron chi connectivity index (χ0n) is 15.7. The predicted molar refractivity (Wildman–Crippen MR) is 114 cm³/mol. The van der Waals surface area contributed by atoms with Crippen LogP contribution in [0.15, 0.2) is 23.2 Å². The third kappa shape index (κ3) is 8.40. The molecule has 0 unspecified atom stereocenters. The molecule has 2 rings (SSSR count). The van der Waals surface area contributed by atoms with Crippen LogP contribution in [0.1, 0.15) is 44.6 Å². The van der Waals surface area contributed by atoms with E-state index in [1.165, 1.54) is 6.42 Å². The summed E-state index contributed by atoms with van der Waals surface area (Å²) in [5.41, 5.74) is 0.202. The van der Waals surface area contributed by atoms with Crippen molar-refractivity contribution in [1.29, 1.82) is 0 Å². The van der Waals surface area contributed by atoms with Crippen LogP contribution in [0.4, 0.5) is 8.78 Å². The van der Waals surface area contributed by atoms with Gasteiger partial charge in [-0.25, -0.2) is 13.8 Å². The van der Waals surface area contributed by atoms with Crippen molar-refractivity contribution in [3.63, 3.8) is 0 Å². The van der Waals surface area contributed by atoms with E-state index in [2.05, 4.69) is 20.9 Å². The smallest absolute Gasteiger partial charge is 0.223 e. The topological polar surface area (TPSA) is 65.5 Å². The number of carbonyl (C=O) groups is 1. The maximum atomic E-state index is 13.7. The van der Waals surface area contributed by atoms with Crippen molar-refractivity contribution >= 4 is 35.8 Å². The van der Waals surface area contributed by atoms with E-state index >= 15 is 0 Å². The third-order valence-electron chi connectivity index (χ3n) is 4.45. The standard InChI is InChI=1S/C19H28F2N4O.HI/c1-2-22-19(25-13-15-12-16(20)8-9-17(15)21)24-11-10-23-18(26)14-6-4-3-5-7-14;/h8-9,12,14H,2-7,10-11,13H2,1H3,(H,23,26)(H2,22,24,25);1H.